The zero-order valence-electron chi connectivity index (χ0n) is 31.7. The molecule has 12 aromatic rings. The third-order valence-corrected chi connectivity index (χ3v) is 13.3. The SMILES string of the molecule is c1ccc(-c2ccc(-n3c4ccc(-c5ccc6c7ccccc7n(-c7nc8c9c(cccc9n7)Sc7ccccc7-8)c6c5)cc4c4ccc5ccccc5c43)cc2)cc1. The Hall–Kier alpha value is -7.47. The van der Waals surface area contributed by atoms with Gasteiger partial charge in [0.1, 0.15) is 0 Å². The van der Waals surface area contributed by atoms with Crippen molar-refractivity contribution in [2.24, 2.45) is 0 Å². The van der Waals surface area contributed by atoms with Crippen molar-refractivity contribution in [3.05, 3.63) is 194 Å². The lowest BCUT2D eigenvalue weighted by Gasteiger charge is -2.20. The van der Waals surface area contributed by atoms with Crippen molar-refractivity contribution in [1.82, 2.24) is 19.1 Å². The van der Waals surface area contributed by atoms with Crippen molar-refractivity contribution >= 4 is 77.0 Å². The fourth-order valence-electron chi connectivity index (χ4n) is 9.42. The molecule has 59 heavy (non-hydrogen) atoms. The lowest BCUT2D eigenvalue weighted by molar-refractivity contribution is 1.01. The number of hydrogen-bond donors (Lipinski definition) is 0. The van der Waals surface area contributed by atoms with Gasteiger partial charge in [0.05, 0.1) is 33.3 Å². The normalized spacial score (nSPS) is 12.3. The Morgan fingerprint density at radius 1 is 0.390 bits per heavy atom. The summed E-state index contributed by atoms with van der Waals surface area (Å²) in [5.74, 6) is 0.679. The van der Waals surface area contributed by atoms with Crippen LogP contribution in [-0.4, -0.2) is 19.1 Å². The fourth-order valence-corrected chi connectivity index (χ4v) is 10.5. The molecule has 0 amide bonds. The zero-order chi connectivity index (χ0) is 38.6. The van der Waals surface area contributed by atoms with Gasteiger partial charge in [0.2, 0.25) is 5.95 Å². The number of benzene rings is 9. The maximum atomic E-state index is 5.41. The molecule has 0 atom stereocenters. The molecule has 0 saturated heterocycles. The van der Waals surface area contributed by atoms with Gasteiger partial charge < -0.3 is 4.57 Å². The predicted molar refractivity (Wildman–Crippen MR) is 246 cm³/mol. The average Bonchev–Trinajstić information content (AvgIpc) is 3.82. The molecule has 0 unspecified atom stereocenters. The lowest BCUT2D eigenvalue weighted by atomic mass is 10.0. The largest absolute Gasteiger partial charge is 0.309 e. The van der Waals surface area contributed by atoms with Crippen LogP contribution < -0.4 is 0 Å². The first-order valence-corrected chi connectivity index (χ1v) is 20.8. The van der Waals surface area contributed by atoms with E-state index in [0.29, 0.717) is 5.95 Å². The molecule has 0 saturated carbocycles. The van der Waals surface area contributed by atoms with E-state index in [4.69, 9.17) is 9.97 Å². The van der Waals surface area contributed by atoms with Crippen molar-refractivity contribution in [3.63, 3.8) is 0 Å². The van der Waals surface area contributed by atoms with Gasteiger partial charge in [-0.15, -0.1) is 0 Å². The Bertz CT molecular complexity index is 3690. The van der Waals surface area contributed by atoms with Crippen LogP contribution in [0.2, 0.25) is 0 Å². The molecule has 13 rings (SSSR count). The number of rotatable bonds is 4. The van der Waals surface area contributed by atoms with Crippen LogP contribution in [-0.2, 0) is 0 Å². The van der Waals surface area contributed by atoms with Crippen LogP contribution >= 0.6 is 11.8 Å². The molecule has 4 nitrogen and oxygen atoms in total. The molecule has 1 aliphatic heterocycles. The van der Waals surface area contributed by atoms with Crippen molar-refractivity contribution in [2.75, 3.05) is 0 Å². The molecule has 0 radical (unpaired) electrons. The van der Waals surface area contributed by atoms with Crippen molar-refractivity contribution < 1.29 is 0 Å². The van der Waals surface area contributed by atoms with E-state index in [1.807, 2.05) is 0 Å². The highest BCUT2D eigenvalue weighted by Gasteiger charge is 2.24. The van der Waals surface area contributed by atoms with E-state index in [2.05, 4.69) is 203 Å². The van der Waals surface area contributed by atoms with Crippen LogP contribution in [0.25, 0.3) is 110 Å². The maximum absolute atomic E-state index is 5.41. The number of hydrogen-bond acceptors (Lipinski definition) is 3. The van der Waals surface area contributed by atoms with Crippen molar-refractivity contribution in [2.45, 2.75) is 9.79 Å². The summed E-state index contributed by atoms with van der Waals surface area (Å²) in [6.07, 6.45) is 0. The summed E-state index contributed by atoms with van der Waals surface area (Å²) < 4.78 is 4.70. The minimum atomic E-state index is 0.679. The van der Waals surface area contributed by atoms with Gasteiger partial charge in [-0.3, -0.25) is 4.57 Å². The van der Waals surface area contributed by atoms with Crippen LogP contribution in [0.15, 0.2) is 204 Å². The fraction of sp³-hybridized carbons (Fsp3) is 0. The van der Waals surface area contributed by atoms with E-state index in [1.54, 1.807) is 11.8 Å². The number of para-hydroxylation sites is 1. The average molecular weight is 769 g/mol. The summed E-state index contributed by atoms with van der Waals surface area (Å²) in [7, 11) is 0. The van der Waals surface area contributed by atoms with Gasteiger partial charge in [0.15, 0.2) is 0 Å². The Labute approximate surface area is 343 Å². The molecule has 9 aromatic carbocycles. The van der Waals surface area contributed by atoms with Crippen LogP contribution in [0, 0.1) is 0 Å². The van der Waals surface area contributed by atoms with E-state index >= 15 is 0 Å². The minimum Gasteiger partial charge on any atom is -0.309 e. The van der Waals surface area contributed by atoms with E-state index in [-0.39, 0.29) is 0 Å². The van der Waals surface area contributed by atoms with Gasteiger partial charge in [0, 0.05) is 53.4 Å². The summed E-state index contributed by atoms with van der Waals surface area (Å²) in [6, 6.07) is 70.3. The van der Waals surface area contributed by atoms with E-state index < -0.39 is 0 Å². The van der Waals surface area contributed by atoms with E-state index in [9.17, 15) is 0 Å². The van der Waals surface area contributed by atoms with Crippen LogP contribution in [0.3, 0.4) is 0 Å². The highest BCUT2D eigenvalue weighted by atomic mass is 32.2. The van der Waals surface area contributed by atoms with Gasteiger partial charge in [-0.05, 0) is 82.2 Å². The molecule has 1 aliphatic rings. The Morgan fingerprint density at radius 3 is 1.98 bits per heavy atom. The molecule has 4 heterocycles. The summed E-state index contributed by atoms with van der Waals surface area (Å²) in [5.41, 5.74) is 13.5. The number of fused-ring (bicyclic) bond motifs is 10. The van der Waals surface area contributed by atoms with Crippen LogP contribution in [0.5, 0.6) is 0 Å². The number of aromatic nitrogens is 4. The summed E-state index contributed by atoms with van der Waals surface area (Å²) >= 11 is 1.80. The number of nitrogens with zero attached hydrogens (tertiary/aromatic N) is 4. The predicted octanol–water partition coefficient (Wildman–Crippen LogP) is 14.4. The second kappa shape index (κ2) is 12.5. The lowest BCUT2D eigenvalue weighted by Crippen LogP contribution is -2.05. The maximum Gasteiger partial charge on any atom is 0.235 e. The molecular weight excluding hydrogens is 737 g/mol. The van der Waals surface area contributed by atoms with Crippen molar-refractivity contribution in [3.8, 4) is 45.1 Å². The van der Waals surface area contributed by atoms with Crippen LogP contribution in [0.1, 0.15) is 0 Å². The molecule has 0 spiro atoms. The summed E-state index contributed by atoms with van der Waals surface area (Å²) in [4.78, 5) is 13.1. The van der Waals surface area contributed by atoms with Crippen LogP contribution in [0.4, 0.5) is 0 Å². The molecule has 0 aliphatic carbocycles. The second-order valence-electron chi connectivity index (χ2n) is 15.4. The van der Waals surface area contributed by atoms with Crippen molar-refractivity contribution in [1.29, 1.82) is 0 Å². The van der Waals surface area contributed by atoms with Gasteiger partial charge in [-0.1, -0.05) is 151 Å². The first-order chi connectivity index (χ1) is 29.2. The Morgan fingerprint density at radius 2 is 1.07 bits per heavy atom. The van der Waals surface area contributed by atoms with Gasteiger partial charge in [-0.2, -0.15) is 0 Å². The third kappa shape index (κ3) is 4.86. The van der Waals surface area contributed by atoms with E-state index in [0.717, 1.165) is 50.0 Å². The highest BCUT2D eigenvalue weighted by Crippen LogP contribution is 2.47. The molecular formula is C54H32N4S. The van der Waals surface area contributed by atoms with E-state index in [1.165, 1.54) is 64.3 Å². The smallest absolute Gasteiger partial charge is 0.235 e. The van der Waals surface area contributed by atoms with Gasteiger partial charge in [0.25, 0.3) is 0 Å². The second-order valence-corrected chi connectivity index (χ2v) is 16.5. The highest BCUT2D eigenvalue weighted by molar-refractivity contribution is 7.99. The van der Waals surface area contributed by atoms with Gasteiger partial charge in [-0.25, -0.2) is 9.97 Å². The summed E-state index contributed by atoms with van der Waals surface area (Å²) in [6.45, 7) is 0. The Balaban J connectivity index is 1.02. The first kappa shape index (κ1) is 32.6. The molecule has 274 valence electrons. The quantitative estimate of drug-likeness (QED) is 0.179. The Kier molecular flexibility index (Phi) is 6.91. The standard InChI is InChI=1S/C54H32N4S/c1-2-11-33(12-3-1)34-21-26-38(27-22-34)57-47-30-25-36(31-44(47)42-29-23-35-13-4-5-14-39(35)53(42)57)37-24-28-41-40-15-6-8-18-46(40)58(48(41)32-37)54-55-45-17-10-20-50-51(45)52(56-54)43-16-7-9-19-49(43)59-50/h1-32H. The monoisotopic (exact) mass is 768 g/mol. The molecule has 5 heteroatoms. The third-order valence-electron chi connectivity index (χ3n) is 12.1. The minimum absolute atomic E-state index is 0.679. The topological polar surface area (TPSA) is 35.6 Å². The molecule has 0 N–H and O–H groups in total. The van der Waals surface area contributed by atoms with Gasteiger partial charge >= 0.3 is 0 Å². The molecule has 0 bridgehead atoms. The molecule has 3 aromatic heterocycles. The molecule has 0 fully saturated rings. The first-order valence-electron chi connectivity index (χ1n) is 20.0. The zero-order valence-corrected chi connectivity index (χ0v) is 32.5. The summed E-state index contributed by atoms with van der Waals surface area (Å²) in [5, 5.41) is 8.40.